The second-order valence-corrected chi connectivity index (χ2v) is 5.78. The second-order valence-electron chi connectivity index (χ2n) is 5.78. The quantitative estimate of drug-likeness (QED) is 0.870. The van der Waals surface area contributed by atoms with Crippen molar-refractivity contribution in [3.63, 3.8) is 0 Å². The van der Waals surface area contributed by atoms with Crippen LogP contribution in [-0.2, 0) is 11.3 Å². The summed E-state index contributed by atoms with van der Waals surface area (Å²) in [4.78, 5) is 14.3. The maximum atomic E-state index is 12.4. The van der Waals surface area contributed by atoms with E-state index in [1.165, 1.54) is 12.8 Å². The Kier molecular flexibility index (Phi) is 5.65. The van der Waals surface area contributed by atoms with Crippen LogP contribution in [0.15, 0.2) is 22.8 Å². The molecule has 1 aliphatic heterocycles. The van der Waals surface area contributed by atoms with Gasteiger partial charge in [-0.2, -0.15) is 0 Å². The van der Waals surface area contributed by atoms with E-state index in [9.17, 15) is 4.79 Å². The molecule has 1 saturated heterocycles. The van der Waals surface area contributed by atoms with Crippen LogP contribution in [-0.4, -0.2) is 30.4 Å². The molecule has 112 valence electrons. The predicted molar refractivity (Wildman–Crippen MR) is 79.2 cm³/mol. The second kappa shape index (κ2) is 7.48. The van der Waals surface area contributed by atoms with Gasteiger partial charge in [-0.25, -0.2) is 0 Å². The van der Waals surface area contributed by atoms with Crippen LogP contribution in [0.5, 0.6) is 0 Å². The summed E-state index contributed by atoms with van der Waals surface area (Å²) in [6, 6.07) is 3.79. The highest BCUT2D eigenvalue weighted by atomic mass is 16.3. The van der Waals surface area contributed by atoms with Gasteiger partial charge in [0.05, 0.1) is 12.8 Å². The molecule has 2 heterocycles. The lowest BCUT2D eigenvalue weighted by molar-refractivity contribution is -0.133. The highest BCUT2D eigenvalue weighted by molar-refractivity contribution is 5.76. The average molecular weight is 278 g/mol. The smallest absolute Gasteiger partial charge is 0.223 e. The van der Waals surface area contributed by atoms with Crippen molar-refractivity contribution in [1.29, 1.82) is 0 Å². The van der Waals surface area contributed by atoms with E-state index in [4.69, 9.17) is 4.42 Å². The van der Waals surface area contributed by atoms with Crippen LogP contribution in [0.25, 0.3) is 0 Å². The molecule has 0 bridgehead atoms. The molecule has 0 saturated carbocycles. The number of amides is 1. The van der Waals surface area contributed by atoms with Crippen LogP contribution in [0.4, 0.5) is 0 Å². The van der Waals surface area contributed by atoms with Gasteiger partial charge in [-0.15, -0.1) is 0 Å². The maximum absolute atomic E-state index is 12.4. The molecule has 0 aliphatic carbocycles. The molecule has 2 unspecified atom stereocenters. The first-order valence-corrected chi connectivity index (χ1v) is 7.71. The SMILES string of the molecule is CCN(Cc1ccco1)C(=O)CC(C)C1CCCNC1. The first-order chi connectivity index (χ1) is 9.70. The summed E-state index contributed by atoms with van der Waals surface area (Å²) in [5, 5.41) is 3.43. The van der Waals surface area contributed by atoms with Crippen LogP contribution < -0.4 is 5.32 Å². The molecule has 0 spiro atoms. The zero-order valence-corrected chi connectivity index (χ0v) is 12.6. The molecular weight excluding hydrogens is 252 g/mol. The molecule has 20 heavy (non-hydrogen) atoms. The highest BCUT2D eigenvalue weighted by Gasteiger charge is 2.24. The van der Waals surface area contributed by atoms with Crippen molar-refractivity contribution in [3.8, 4) is 0 Å². The number of carbonyl (C=O) groups is 1. The lowest BCUT2D eigenvalue weighted by Gasteiger charge is -2.29. The van der Waals surface area contributed by atoms with E-state index in [1.54, 1.807) is 6.26 Å². The van der Waals surface area contributed by atoms with Crippen LogP contribution in [0.3, 0.4) is 0 Å². The maximum Gasteiger partial charge on any atom is 0.223 e. The number of carbonyl (C=O) groups excluding carboxylic acids is 1. The molecule has 1 amide bonds. The van der Waals surface area contributed by atoms with E-state index < -0.39 is 0 Å². The summed E-state index contributed by atoms with van der Waals surface area (Å²) in [6.45, 7) is 7.71. The zero-order chi connectivity index (χ0) is 14.4. The fourth-order valence-corrected chi connectivity index (χ4v) is 2.90. The number of hydrogen-bond acceptors (Lipinski definition) is 3. The minimum Gasteiger partial charge on any atom is -0.467 e. The number of furan rings is 1. The van der Waals surface area contributed by atoms with Crippen molar-refractivity contribution in [2.45, 2.75) is 39.7 Å². The first-order valence-electron chi connectivity index (χ1n) is 7.71. The van der Waals surface area contributed by atoms with E-state index in [-0.39, 0.29) is 5.91 Å². The summed E-state index contributed by atoms with van der Waals surface area (Å²) in [5.41, 5.74) is 0. The van der Waals surface area contributed by atoms with Crippen LogP contribution >= 0.6 is 0 Å². The van der Waals surface area contributed by atoms with Gasteiger partial charge in [0.1, 0.15) is 5.76 Å². The third-order valence-corrected chi connectivity index (χ3v) is 4.30. The number of hydrogen-bond donors (Lipinski definition) is 1. The van der Waals surface area contributed by atoms with Gasteiger partial charge in [-0.05, 0) is 56.8 Å². The first kappa shape index (κ1) is 15.1. The molecule has 1 aliphatic rings. The summed E-state index contributed by atoms with van der Waals surface area (Å²) >= 11 is 0. The van der Waals surface area contributed by atoms with Crippen molar-refractivity contribution in [2.24, 2.45) is 11.8 Å². The van der Waals surface area contributed by atoms with E-state index in [1.807, 2.05) is 24.0 Å². The molecular formula is C16H26N2O2. The largest absolute Gasteiger partial charge is 0.467 e. The molecule has 0 aromatic carbocycles. The molecule has 1 aromatic heterocycles. The van der Waals surface area contributed by atoms with Crippen LogP contribution in [0.1, 0.15) is 38.9 Å². The van der Waals surface area contributed by atoms with E-state index in [0.717, 1.165) is 25.4 Å². The van der Waals surface area contributed by atoms with Gasteiger partial charge in [0.15, 0.2) is 0 Å². The fraction of sp³-hybridized carbons (Fsp3) is 0.688. The Morgan fingerprint density at radius 1 is 1.60 bits per heavy atom. The van der Waals surface area contributed by atoms with Gasteiger partial charge < -0.3 is 14.6 Å². The zero-order valence-electron chi connectivity index (χ0n) is 12.6. The van der Waals surface area contributed by atoms with Gasteiger partial charge in [-0.1, -0.05) is 6.92 Å². The van der Waals surface area contributed by atoms with Crippen molar-refractivity contribution in [3.05, 3.63) is 24.2 Å². The highest BCUT2D eigenvalue weighted by Crippen LogP contribution is 2.23. The third kappa shape index (κ3) is 4.10. The summed E-state index contributed by atoms with van der Waals surface area (Å²) < 4.78 is 5.33. The molecule has 1 N–H and O–H groups in total. The lowest BCUT2D eigenvalue weighted by atomic mass is 9.85. The van der Waals surface area contributed by atoms with Gasteiger partial charge in [0.2, 0.25) is 5.91 Å². The summed E-state index contributed by atoms with van der Waals surface area (Å²) in [6.07, 6.45) is 4.77. The van der Waals surface area contributed by atoms with Crippen molar-refractivity contribution in [2.75, 3.05) is 19.6 Å². The number of piperidine rings is 1. The number of rotatable bonds is 6. The van der Waals surface area contributed by atoms with Crippen molar-refractivity contribution in [1.82, 2.24) is 10.2 Å². The van der Waals surface area contributed by atoms with Gasteiger partial charge in [0.25, 0.3) is 0 Å². The van der Waals surface area contributed by atoms with E-state index >= 15 is 0 Å². The van der Waals surface area contributed by atoms with Gasteiger partial charge in [0, 0.05) is 13.0 Å². The van der Waals surface area contributed by atoms with E-state index in [0.29, 0.717) is 24.8 Å². The summed E-state index contributed by atoms with van der Waals surface area (Å²) in [5.74, 6) is 2.17. The van der Waals surface area contributed by atoms with E-state index in [2.05, 4.69) is 12.2 Å². The minimum absolute atomic E-state index is 0.238. The Labute approximate surface area is 121 Å². The monoisotopic (exact) mass is 278 g/mol. The minimum atomic E-state index is 0.238. The molecule has 1 fully saturated rings. The number of nitrogens with one attached hydrogen (secondary N) is 1. The molecule has 0 radical (unpaired) electrons. The topological polar surface area (TPSA) is 45.5 Å². The number of nitrogens with zero attached hydrogens (tertiary/aromatic N) is 1. The molecule has 4 heteroatoms. The Morgan fingerprint density at radius 2 is 2.45 bits per heavy atom. The molecule has 2 atom stereocenters. The van der Waals surface area contributed by atoms with Gasteiger partial charge >= 0.3 is 0 Å². The lowest BCUT2D eigenvalue weighted by Crippen LogP contribution is -2.37. The Balaban J connectivity index is 1.84. The normalized spacial score (nSPS) is 20.6. The predicted octanol–water partition coefficient (Wildman–Crippen LogP) is 2.65. The van der Waals surface area contributed by atoms with Crippen LogP contribution in [0, 0.1) is 11.8 Å². The molecule has 1 aromatic rings. The Bertz CT molecular complexity index is 397. The molecule has 4 nitrogen and oxygen atoms in total. The fourth-order valence-electron chi connectivity index (χ4n) is 2.90. The standard InChI is InChI=1S/C16H26N2O2/c1-3-18(12-15-7-5-9-20-15)16(19)10-13(2)14-6-4-8-17-11-14/h5,7,9,13-14,17H,3-4,6,8,10-12H2,1-2H3. The van der Waals surface area contributed by atoms with Gasteiger partial charge in [-0.3, -0.25) is 4.79 Å². The Hall–Kier alpha value is -1.29. The average Bonchev–Trinajstić information content (AvgIpc) is 2.98. The Morgan fingerprint density at radius 3 is 3.05 bits per heavy atom. The van der Waals surface area contributed by atoms with Crippen molar-refractivity contribution < 1.29 is 9.21 Å². The third-order valence-electron chi connectivity index (χ3n) is 4.30. The van der Waals surface area contributed by atoms with Crippen LogP contribution in [0.2, 0.25) is 0 Å². The summed E-state index contributed by atoms with van der Waals surface area (Å²) in [7, 11) is 0. The molecule has 2 rings (SSSR count). The van der Waals surface area contributed by atoms with Crippen molar-refractivity contribution >= 4 is 5.91 Å².